The summed E-state index contributed by atoms with van der Waals surface area (Å²) in [5.41, 5.74) is -0.523. The van der Waals surface area contributed by atoms with Crippen LogP contribution in [0.2, 0.25) is 0 Å². The molecule has 1 aromatic carbocycles. The van der Waals surface area contributed by atoms with Crippen molar-refractivity contribution in [3.05, 3.63) is 23.8 Å². The smallest absolute Gasteiger partial charge is 0.199 e. The summed E-state index contributed by atoms with van der Waals surface area (Å²) in [7, 11) is 1.52. The van der Waals surface area contributed by atoms with E-state index in [4.69, 9.17) is 9.47 Å². The van der Waals surface area contributed by atoms with E-state index in [1.54, 1.807) is 32.0 Å². The van der Waals surface area contributed by atoms with Crippen LogP contribution in [-0.2, 0) is 0 Å². The van der Waals surface area contributed by atoms with Crippen molar-refractivity contribution in [1.29, 1.82) is 0 Å². The summed E-state index contributed by atoms with van der Waals surface area (Å²) in [5, 5.41) is 9.80. The Morgan fingerprint density at radius 2 is 2.12 bits per heavy atom. The summed E-state index contributed by atoms with van der Waals surface area (Å²) in [6.45, 7) is 3.37. The van der Waals surface area contributed by atoms with Crippen LogP contribution in [0.3, 0.4) is 0 Å². The van der Waals surface area contributed by atoms with E-state index in [-0.39, 0.29) is 5.78 Å². The number of benzene rings is 1. The van der Waals surface area contributed by atoms with Crippen molar-refractivity contribution in [1.82, 2.24) is 0 Å². The lowest BCUT2D eigenvalue weighted by Crippen LogP contribution is -2.50. The Bertz CT molecular complexity index is 437. The van der Waals surface area contributed by atoms with Gasteiger partial charge < -0.3 is 14.6 Å². The lowest BCUT2D eigenvalue weighted by Gasteiger charge is -2.35. The summed E-state index contributed by atoms with van der Waals surface area (Å²) in [4.78, 5) is 11.9. The first-order valence-electron chi connectivity index (χ1n) is 5.05. The number of hydrogen-bond acceptors (Lipinski definition) is 4. The molecule has 2 rings (SSSR count). The summed E-state index contributed by atoms with van der Waals surface area (Å²) in [5.74, 6) is 0.730. The maximum atomic E-state index is 11.9. The topological polar surface area (TPSA) is 55.8 Å². The van der Waals surface area contributed by atoms with Gasteiger partial charge in [-0.15, -0.1) is 0 Å². The molecule has 4 heteroatoms. The molecule has 4 nitrogen and oxygen atoms in total. The molecule has 0 bridgehead atoms. The summed E-state index contributed by atoms with van der Waals surface area (Å²) in [6, 6.07) is 4.98. The number of methoxy groups -OCH3 is 1. The van der Waals surface area contributed by atoms with Crippen LogP contribution in [0.5, 0.6) is 11.5 Å². The van der Waals surface area contributed by atoms with E-state index in [1.807, 2.05) is 0 Å². The summed E-state index contributed by atoms with van der Waals surface area (Å²) >= 11 is 0. The van der Waals surface area contributed by atoms with E-state index < -0.39 is 11.7 Å². The van der Waals surface area contributed by atoms with Gasteiger partial charge in [0.05, 0.1) is 12.7 Å². The van der Waals surface area contributed by atoms with Crippen LogP contribution in [0.4, 0.5) is 0 Å². The van der Waals surface area contributed by atoms with Crippen LogP contribution in [-0.4, -0.2) is 29.7 Å². The van der Waals surface area contributed by atoms with Crippen LogP contribution in [0.25, 0.3) is 0 Å². The van der Waals surface area contributed by atoms with Gasteiger partial charge in [0, 0.05) is 0 Å². The zero-order valence-electron chi connectivity index (χ0n) is 9.48. The van der Waals surface area contributed by atoms with Crippen molar-refractivity contribution in [2.24, 2.45) is 0 Å². The molecule has 16 heavy (non-hydrogen) atoms. The number of aliphatic hydroxyl groups excluding tert-OH is 1. The minimum Gasteiger partial charge on any atom is -0.497 e. The van der Waals surface area contributed by atoms with Crippen molar-refractivity contribution in [2.75, 3.05) is 7.11 Å². The molecule has 1 N–H and O–H groups in total. The largest absolute Gasteiger partial charge is 0.497 e. The number of hydrogen-bond donors (Lipinski definition) is 1. The first-order chi connectivity index (χ1) is 7.45. The summed E-state index contributed by atoms with van der Waals surface area (Å²) < 4.78 is 10.6. The molecule has 0 aromatic heterocycles. The monoisotopic (exact) mass is 222 g/mol. The predicted octanol–water partition coefficient (Wildman–Crippen LogP) is 1.41. The fourth-order valence-electron chi connectivity index (χ4n) is 1.72. The number of ketones is 1. The van der Waals surface area contributed by atoms with Gasteiger partial charge in [0.25, 0.3) is 0 Å². The molecule has 1 aliphatic heterocycles. The molecule has 0 saturated carbocycles. The lowest BCUT2D eigenvalue weighted by molar-refractivity contribution is -0.0249. The molecular formula is C12H14O4. The van der Waals surface area contributed by atoms with Gasteiger partial charge >= 0.3 is 0 Å². The molecule has 1 atom stereocenters. The fourth-order valence-corrected chi connectivity index (χ4v) is 1.72. The number of rotatable bonds is 1. The second-order valence-corrected chi connectivity index (χ2v) is 4.33. The third-order valence-electron chi connectivity index (χ3n) is 2.73. The molecule has 0 amide bonds. The van der Waals surface area contributed by atoms with E-state index in [9.17, 15) is 9.90 Å². The number of carbonyl (C=O) groups is 1. The Labute approximate surface area is 93.8 Å². The maximum Gasteiger partial charge on any atom is 0.199 e. The molecule has 1 aromatic rings. The highest BCUT2D eigenvalue weighted by Crippen LogP contribution is 2.35. The van der Waals surface area contributed by atoms with Gasteiger partial charge in [-0.1, -0.05) is 0 Å². The Kier molecular flexibility index (Phi) is 2.39. The van der Waals surface area contributed by atoms with Crippen molar-refractivity contribution in [3.8, 4) is 11.5 Å². The molecule has 0 radical (unpaired) electrons. The molecule has 1 aliphatic rings. The number of carbonyl (C=O) groups excluding carboxylic acids is 1. The first kappa shape index (κ1) is 11.0. The van der Waals surface area contributed by atoms with Gasteiger partial charge in [-0.3, -0.25) is 4.79 Å². The van der Waals surface area contributed by atoms with Crippen molar-refractivity contribution in [2.45, 2.75) is 25.6 Å². The number of aliphatic hydroxyl groups is 1. The van der Waals surface area contributed by atoms with Gasteiger partial charge in [0.15, 0.2) is 11.9 Å². The van der Waals surface area contributed by atoms with E-state index in [1.165, 1.54) is 7.11 Å². The second kappa shape index (κ2) is 3.49. The van der Waals surface area contributed by atoms with Gasteiger partial charge in [0.2, 0.25) is 0 Å². The van der Waals surface area contributed by atoms with Crippen LogP contribution in [0, 0.1) is 0 Å². The Morgan fingerprint density at radius 3 is 2.75 bits per heavy atom. The lowest BCUT2D eigenvalue weighted by atomic mass is 9.90. The van der Waals surface area contributed by atoms with Crippen LogP contribution >= 0.6 is 0 Å². The second-order valence-electron chi connectivity index (χ2n) is 4.33. The van der Waals surface area contributed by atoms with E-state index >= 15 is 0 Å². The zero-order chi connectivity index (χ0) is 11.9. The van der Waals surface area contributed by atoms with Crippen molar-refractivity contribution in [3.63, 3.8) is 0 Å². The molecule has 0 fully saturated rings. The average molecular weight is 222 g/mol. The van der Waals surface area contributed by atoms with E-state index in [0.717, 1.165) is 0 Å². The highest BCUT2D eigenvalue weighted by molar-refractivity contribution is 6.03. The van der Waals surface area contributed by atoms with Gasteiger partial charge in [-0.05, 0) is 32.0 Å². The Balaban J connectivity index is 2.51. The molecule has 86 valence electrons. The number of Topliss-reactive ketones (excluding diaryl/α,β-unsaturated/α-hetero) is 1. The van der Waals surface area contributed by atoms with Gasteiger partial charge in [0.1, 0.15) is 17.1 Å². The number of ether oxygens (including phenoxy) is 2. The first-order valence-corrected chi connectivity index (χ1v) is 5.05. The highest BCUT2D eigenvalue weighted by Gasteiger charge is 2.42. The third kappa shape index (κ3) is 1.55. The van der Waals surface area contributed by atoms with E-state index in [2.05, 4.69) is 0 Å². The highest BCUT2D eigenvalue weighted by atomic mass is 16.5. The standard InChI is InChI=1S/C12H14O4/c1-12(2)11(14)10(13)8-6-7(15-3)4-5-9(8)16-12/h4-6,11,14H,1-3H3/t11-/m0/s1. The quantitative estimate of drug-likeness (QED) is 0.780. The summed E-state index contributed by atoms with van der Waals surface area (Å²) in [6.07, 6.45) is -1.15. The minimum absolute atomic E-state index is 0.329. The zero-order valence-corrected chi connectivity index (χ0v) is 9.48. The third-order valence-corrected chi connectivity index (χ3v) is 2.73. The molecule has 0 unspecified atom stereocenters. The van der Waals surface area contributed by atoms with Crippen LogP contribution in [0.1, 0.15) is 24.2 Å². The molecule has 0 saturated heterocycles. The normalized spacial score (nSPS) is 22.2. The van der Waals surface area contributed by atoms with Gasteiger partial charge in [-0.25, -0.2) is 0 Å². The van der Waals surface area contributed by atoms with Crippen molar-refractivity contribution < 1.29 is 19.4 Å². The molecular weight excluding hydrogens is 208 g/mol. The molecule has 0 aliphatic carbocycles. The van der Waals surface area contributed by atoms with Crippen LogP contribution in [0.15, 0.2) is 18.2 Å². The van der Waals surface area contributed by atoms with Gasteiger partial charge in [-0.2, -0.15) is 0 Å². The predicted molar refractivity (Wildman–Crippen MR) is 58.0 cm³/mol. The van der Waals surface area contributed by atoms with E-state index in [0.29, 0.717) is 17.1 Å². The molecule has 1 heterocycles. The Morgan fingerprint density at radius 1 is 1.44 bits per heavy atom. The SMILES string of the molecule is COc1ccc2c(c1)C(=O)[C@H](O)C(C)(C)O2. The average Bonchev–Trinajstić information content (AvgIpc) is 2.25. The van der Waals surface area contributed by atoms with Crippen molar-refractivity contribution >= 4 is 5.78 Å². The van der Waals surface area contributed by atoms with Crippen LogP contribution < -0.4 is 9.47 Å². The maximum absolute atomic E-state index is 11.9. The number of fused-ring (bicyclic) bond motifs is 1. The minimum atomic E-state index is -1.15. The molecule has 0 spiro atoms. The Hall–Kier alpha value is -1.55. The fraction of sp³-hybridized carbons (Fsp3) is 0.417.